The Balaban J connectivity index is 3.22. The number of halogens is 1. The average molecular weight is 409 g/mol. The van der Waals surface area contributed by atoms with Crippen molar-refractivity contribution in [3.8, 4) is 0 Å². The van der Waals surface area contributed by atoms with Gasteiger partial charge >= 0.3 is 0 Å². The van der Waals surface area contributed by atoms with Gasteiger partial charge in [-0.05, 0) is 18.0 Å². The van der Waals surface area contributed by atoms with Gasteiger partial charge < -0.3 is 4.89 Å². The standard InChI is InChI=1S/C21H42ClO3P/c1-2-3-4-5-6-7-8-9-10-11-12-13-14-15-16-17-19-26(24,25)20-18-21(22)23/h2-20H2,1H3,(H,24,25). The van der Waals surface area contributed by atoms with Gasteiger partial charge in [0.05, 0.1) is 0 Å². The normalized spacial score (nSPS) is 13.7. The molecule has 0 fully saturated rings. The summed E-state index contributed by atoms with van der Waals surface area (Å²) in [5.41, 5.74) is 0. The second kappa shape index (κ2) is 18.5. The molecule has 26 heavy (non-hydrogen) atoms. The number of rotatable bonds is 20. The maximum absolute atomic E-state index is 11.8. The van der Waals surface area contributed by atoms with Crippen LogP contribution < -0.4 is 0 Å². The fourth-order valence-corrected chi connectivity index (χ4v) is 5.00. The molecule has 0 aromatic rings. The van der Waals surface area contributed by atoms with Crippen LogP contribution in [0.4, 0.5) is 0 Å². The second-order valence-corrected chi connectivity index (χ2v) is 10.7. The molecule has 0 spiro atoms. The molecule has 1 N–H and O–H groups in total. The minimum absolute atomic E-state index is 0.00813. The lowest BCUT2D eigenvalue weighted by Gasteiger charge is -2.09. The first kappa shape index (κ1) is 26.1. The van der Waals surface area contributed by atoms with E-state index in [9.17, 15) is 14.3 Å². The van der Waals surface area contributed by atoms with Crippen LogP contribution in [0.2, 0.25) is 0 Å². The van der Waals surface area contributed by atoms with E-state index >= 15 is 0 Å². The Bertz CT molecular complexity index is 374. The van der Waals surface area contributed by atoms with Gasteiger partial charge in [0.25, 0.3) is 0 Å². The van der Waals surface area contributed by atoms with Crippen molar-refractivity contribution in [1.29, 1.82) is 0 Å². The van der Waals surface area contributed by atoms with E-state index in [2.05, 4.69) is 6.92 Å². The molecule has 0 amide bonds. The van der Waals surface area contributed by atoms with Gasteiger partial charge in [0, 0.05) is 18.7 Å². The minimum atomic E-state index is -3.14. The monoisotopic (exact) mass is 408 g/mol. The quantitative estimate of drug-likeness (QED) is 0.128. The Kier molecular flexibility index (Phi) is 18.6. The number of hydrogen-bond acceptors (Lipinski definition) is 2. The lowest BCUT2D eigenvalue weighted by atomic mass is 10.0. The highest BCUT2D eigenvalue weighted by Crippen LogP contribution is 2.42. The molecule has 0 aromatic carbocycles. The molecule has 0 aliphatic carbocycles. The summed E-state index contributed by atoms with van der Waals surface area (Å²) >= 11 is 5.22. The highest BCUT2D eigenvalue weighted by atomic mass is 35.5. The average Bonchev–Trinajstić information content (AvgIpc) is 2.60. The fourth-order valence-electron chi connectivity index (χ4n) is 3.28. The molecule has 0 rings (SSSR count). The lowest BCUT2D eigenvalue weighted by Crippen LogP contribution is -1.98. The minimum Gasteiger partial charge on any atom is -0.344 e. The van der Waals surface area contributed by atoms with E-state index in [0.717, 1.165) is 19.3 Å². The molecule has 0 bridgehead atoms. The number of carbonyl (C=O) groups is 1. The van der Waals surface area contributed by atoms with Crippen molar-refractivity contribution in [1.82, 2.24) is 0 Å². The number of hydrogen-bond donors (Lipinski definition) is 1. The summed E-state index contributed by atoms with van der Waals surface area (Å²) in [5.74, 6) is 0. The van der Waals surface area contributed by atoms with Crippen LogP contribution in [0.1, 0.15) is 116 Å². The molecule has 5 heteroatoms. The molecular weight excluding hydrogens is 367 g/mol. The smallest absolute Gasteiger partial charge is 0.222 e. The van der Waals surface area contributed by atoms with Gasteiger partial charge in [0.2, 0.25) is 12.6 Å². The SMILES string of the molecule is CCCCCCCCCCCCCCCCCCP(=O)(O)CCC(=O)Cl. The maximum atomic E-state index is 11.8. The van der Waals surface area contributed by atoms with E-state index in [1.807, 2.05) is 0 Å². The number of unbranched alkanes of at least 4 members (excludes halogenated alkanes) is 15. The summed E-state index contributed by atoms with van der Waals surface area (Å²) < 4.78 is 11.8. The van der Waals surface area contributed by atoms with E-state index in [0.29, 0.717) is 6.16 Å². The van der Waals surface area contributed by atoms with E-state index in [-0.39, 0.29) is 12.6 Å². The van der Waals surface area contributed by atoms with E-state index < -0.39 is 12.6 Å². The summed E-state index contributed by atoms with van der Waals surface area (Å²) in [6, 6.07) is 0. The first-order valence-electron chi connectivity index (χ1n) is 11.0. The van der Waals surface area contributed by atoms with Crippen LogP contribution in [0.25, 0.3) is 0 Å². The van der Waals surface area contributed by atoms with Crippen LogP contribution >= 0.6 is 19.0 Å². The predicted octanol–water partition coefficient (Wildman–Crippen LogP) is 7.67. The molecule has 0 heterocycles. The van der Waals surface area contributed by atoms with Crippen LogP contribution in [0, 0.1) is 0 Å². The van der Waals surface area contributed by atoms with Crippen molar-refractivity contribution in [3.05, 3.63) is 0 Å². The van der Waals surface area contributed by atoms with Crippen LogP contribution in [-0.2, 0) is 9.36 Å². The first-order chi connectivity index (χ1) is 12.5. The van der Waals surface area contributed by atoms with E-state index in [4.69, 9.17) is 11.6 Å². The maximum Gasteiger partial charge on any atom is 0.222 e. The van der Waals surface area contributed by atoms with Crippen molar-refractivity contribution < 1.29 is 14.3 Å². The van der Waals surface area contributed by atoms with Crippen LogP contribution in [0.15, 0.2) is 0 Å². The molecular formula is C21H42ClO3P. The third kappa shape index (κ3) is 20.5. The molecule has 156 valence electrons. The summed E-state index contributed by atoms with van der Waals surface area (Å²) in [4.78, 5) is 20.4. The summed E-state index contributed by atoms with van der Waals surface area (Å²) in [5, 5.41) is -0.522. The molecule has 1 unspecified atom stereocenters. The summed E-state index contributed by atoms with van der Waals surface area (Å²) in [6.07, 6.45) is 21.1. The summed E-state index contributed by atoms with van der Waals surface area (Å²) in [7, 11) is -3.14. The molecule has 1 atom stereocenters. The summed E-state index contributed by atoms with van der Waals surface area (Å²) in [6.45, 7) is 2.27. The van der Waals surface area contributed by atoms with E-state index in [1.54, 1.807) is 0 Å². The van der Waals surface area contributed by atoms with Gasteiger partial charge in [-0.15, -0.1) is 0 Å². The topological polar surface area (TPSA) is 54.4 Å². The zero-order valence-electron chi connectivity index (χ0n) is 17.0. The van der Waals surface area contributed by atoms with Crippen molar-refractivity contribution in [2.24, 2.45) is 0 Å². The van der Waals surface area contributed by atoms with Gasteiger partial charge in [0.1, 0.15) is 0 Å². The largest absolute Gasteiger partial charge is 0.344 e. The Morgan fingerprint density at radius 1 is 0.692 bits per heavy atom. The zero-order valence-corrected chi connectivity index (χ0v) is 18.7. The first-order valence-corrected chi connectivity index (χ1v) is 13.4. The predicted molar refractivity (Wildman–Crippen MR) is 115 cm³/mol. The van der Waals surface area contributed by atoms with Crippen molar-refractivity contribution in [3.63, 3.8) is 0 Å². The molecule has 0 saturated carbocycles. The second-order valence-electron chi connectivity index (χ2n) is 7.70. The Morgan fingerprint density at radius 2 is 1.04 bits per heavy atom. The highest BCUT2D eigenvalue weighted by molar-refractivity contribution is 7.58. The van der Waals surface area contributed by atoms with Gasteiger partial charge in [-0.3, -0.25) is 9.36 Å². The van der Waals surface area contributed by atoms with Gasteiger partial charge in [-0.1, -0.05) is 103 Å². The van der Waals surface area contributed by atoms with Crippen LogP contribution in [0.5, 0.6) is 0 Å². The molecule has 0 saturated heterocycles. The van der Waals surface area contributed by atoms with E-state index in [1.165, 1.54) is 83.5 Å². The molecule has 0 aliphatic rings. The van der Waals surface area contributed by atoms with Gasteiger partial charge in [0.15, 0.2) is 0 Å². The third-order valence-corrected chi connectivity index (χ3v) is 7.15. The Morgan fingerprint density at radius 3 is 1.38 bits per heavy atom. The Hall–Kier alpha value is 0.150. The van der Waals surface area contributed by atoms with Crippen LogP contribution in [-0.4, -0.2) is 22.5 Å². The van der Waals surface area contributed by atoms with Crippen LogP contribution in [0.3, 0.4) is 0 Å². The third-order valence-electron chi connectivity index (χ3n) is 5.02. The molecule has 0 aliphatic heterocycles. The highest BCUT2D eigenvalue weighted by Gasteiger charge is 2.18. The van der Waals surface area contributed by atoms with Gasteiger partial charge in [-0.2, -0.15) is 0 Å². The number of carbonyl (C=O) groups excluding carboxylic acids is 1. The van der Waals surface area contributed by atoms with Gasteiger partial charge in [-0.25, -0.2) is 0 Å². The molecule has 0 aromatic heterocycles. The van der Waals surface area contributed by atoms with Crippen molar-refractivity contribution in [2.45, 2.75) is 116 Å². The molecule has 3 nitrogen and oxygen atoms in total. The zero-order chi connectivity index (χ0) is 19.5. The van der Waals surface area contributed by atoms with Crippen molar-refractivity contribution in [2.75, 3.05) is 12.3 Å². The molecule has 0 radical (unpaired) electrons. The lowest BCUT2D eigenvalue weighted by molar-refractivity contribution is -0.111. The Labute approximate surface area is 167 Å². The van der Waals surface area contributed by atoms with Crippen molar-refractivity contribution >= 4 is 24.2 Å². The fraction of sp³-hybridized carbons (Fsp3) is 0.952.